The first kappa shape index (κ1) is 15.1. The summed E-state index contributed by atoms with van der Waals surface area (Å²) in [5, 5.41) is 13.5. The van der Waals surface area contributed by atoms with Crippen molar-refractivity contribution in [1.29, 1.82) is 10.8 Å². The van der Waals surface area contributed by atoms with Crippen molar-refractivity contribution < 1.29 is 0 Å². The van der Waals surface area contributed by atoms with Gasteiger partial charge in [-0.3, -0.25) is 0 Å². The molecule has 0 heterocycles. The third kappa shape index (κ3) is 13.2. The van der Waals surface area contributed by atoms with Crippen LogP contribution in [0.1, 0.15) is 12.8 Å². The van der Waals surface area contributed by atoms with Gasteiger partial charge in [-0.1, -0.05) is 21.6 Å². The molecule has 72 valence electrons. The second-order valence-corrected chi connectivity index (χ2v) is 6.17. The minimum Gasteiger partial charge on any atom is -0.313 e. The van der Waals surface area contributed by atoms with Gasteiger partial charge in [0.05, 0.1) is 0 Å². The van der Waals surface area contributed by atoms with E-state index in [9.17, 15) is 0 Å². The molecule has 0 unspecified atom stereocenters. The lowest BCUT2D eigenvalue weighted by Crippen LogP contribution is -1.76. The van der Waals surface area contributed by atoms with E-state index in [0.29, 0.717) is 0 Å². The molecule has 2 nitrogen and oxygen atoms in total. The Kier molecular flexibility index (Phi) is 17.8. The van der Waals surface area contributed by atoms with Gasteiger partial charge in [-0.05, 0) is 46.1 Å². The molecule has 0 radical (unpaired) electrons. The molecular formula is C6H16N2S3Si. The third-order valence-corrected chi connectivity index (χ3v) is 5.09. The zero-order chi connectivity index (χ0) is 8.36. The molecule has 0 aromatic heterocycles. The largest absolute Gasteiger partial charge is 0.313 e. The molecule has 0 spiro atoms. The van der Waals surface area contributed by atoms with E-state index in [1.165, 1.54) is 12.4 Å². The smallest absolute Gasteiger partial charge is 0.00944 e. The molecule has 2 N–H and O–H groups in total. The van der Waals surface area contributed by atoms with Crippen LogP contribution < -0.4 is 0 Å². The first-order valence-corrected chi connectivity index (χ1v) is 7.13. The summed E-state index contributed by atoms with van der Waals surface area (Å²) in [7, 11) is 5.32. The van der Waals surface area contributed by atoms with Crippen LogP contribution in [0.5, 0.6) is 0 Å². The predicted molar refractivity (Wildman–Crippen MR) is 70.6 cm³/mol. The van der Waals surface area contributed by atoms with Crippen molar-refractivity contribution in [2.24, 2.45) is 0 Å². The Labute approximate surface area is 89.9 Å². The Morgan fingerprint density at radius 3 is 1.67 bits per heavy atom. The van der Waals surface area contributed by atoms with Gasteiger partial charge in [-0.15, -0.1) is 0 Å². The fourth-order valence-corrected chi connectivity index (χ4v) is 3.98. The van der Waals surface area contributed by atoms with Gasteiger partial charge < -0.3 is 10.8 Å². The fourth-order valence-electron chi connectivity index (χ4n) is 0.316. The maximum atomic E-state index is 6.76. The Hall–Kier alpha value is 0.607. The van der Waals surface area contributed by atoms with Crippen molar-refractivity contribution in [3.05, 3.63) is 0 Å². The normalized spacial score (nSPS) is 8.67. The lowest BCUT2D eigenvalue weighted by Gasteiger charge is -1.95. The van der Waals surface area contributed by atoms with Crippen LogP contribution in [0.25, 0.3) is 0 Å². The standard InChI is InChI=1S/C6H12N2S3.H4Si/c7-3-1-5-9-11-10-6-2-4-8;/h3-4,7-8H,1-2,5-6H2;1H4. The Morgan fingerprint density at radius 2 is 1.33 bits per heavy atom. The Balaban J connectivity index is 0. The molecule has 0 aliphatic heterocycles. The van der Waals surface area contributed by atoms with Crippen molar-refractivity contribution >= 4 is 54.8 Å². The Morgan fingerprint density at radius 1 is 0.917 bits per heavy atom. The second kappa shape index (κ2) is 14.1. The van der Waals surface area contributed by atoms with Gasteiger partial charge in [-0.2, -0.15) is 0 Å². The summed E-state index contributed by atoms with van der Waals surface area (Å²) in [6, 6.07) is 0. The van der Waals surface area contributed by atoms with Crippen LogP contribution >= 0.6 is 31.4 Å². The van der Waals surface area contributed by atoms with Crippen LogP contribution in [0.15, 0.2) is 0 Å². The molecule has 0 amide bonds. The van der Waals surface area contributed by atoms with E-state index in [0.717, 1.165) is 24.3 Å². The van der Waals surface area contributed by atoms with Crippen LogP contribution in [-0.4, -0.2) is 34.9 Å². The predicted octanol–water partition coefficient (Wildman–Crippen LogP) is 1.64. The van der Waals surface area contributed by atoms with Crippen LogP contribution in [0.4, 0.5) is 0 Å². The molecule has 0 saturated carbocycles. The van der Waals surface area contributed by atoms with Crippen LogP contribution in [-0.2, 0) is 0 Å². The minimum absolute atomic E-state index is 0. The zero-order valence-electron chi connectivity index (χ0n) is 6.21. The van der Waals surface area contributed by atoms with Crippen LogP contribution in [0.3, 0.4) is 0 Å². The van der Waals surface area contributed by atoms with Gasteiger partial charge in [0, 0.05) is 11.5 Å². The lowest BCUT2D eigenvalue weighted by molar-refractivity contribution is 1.32. The van der Waals surface area contributed by atoms with Crippen LogP contribution in [0.2, 0.25) is 0 Å². The molecule has 0 aromatic rings. The van der Waals surface area contributed by atoms with E-state index >= 15 is 0 Å². The van der Waals surface area contributed by atoms with E-state index < -0.39 is 0 Å². The zero-order valence-corrected chi connectivity index (χ0v) is 8.66. The van der Waals surface area contributed by atoms with Gasteiger partial charge >= 0.3 is 0 Å². The van der Waals surface area contributed by atoms with Gasteiger partial charge in [-0.25, -0.2) is 0 Å². The molecule has 0 fully saturated rings. The summed E-state index contributed by atoms with van der Waals surface area (Å²) in [4.78, 5) is 0. The Bertz CT molecular complexity index is 101. The van der Waals surface area contributed by atoms with Crippen molar-refractivity contribution in [3.8, 4) is 0 Å². The first-order chi connectivity index (χ1) is 5.41. The average Bonchev–Trinajstić information content (AvgIpc) is 2.03. The van der Waals surface area contributed by atoms with Crippen molar-refractivity contribution in [2.75, 3.05) is 11.5 Å². The highest BCUT2D eigenvalue weighted by Gasteiger charge is 1.89. The van der Waals surface area contributed by atoms with E-state index in [2.05, 4.69) is 0 Å². The van der Waals surface area contributed by atoms with Crippen LogP contribution in [0, 0.1) is 10.8 Å². The van der Waals surface area contributed by atoms with Gasteiger partial charge in [0.1, 0.15) is 0 Å². The highest BCUT2D eigenvalue weighted by atomic mass is 33.5. The fraction of sp³-hybridized carbons (Fsp3) is 0.667. The number of nitrogens with one attached hydrogen (secondary N) is 2. The molecule has 0 aliphatic carbocycles. The minimum atomic E-state index is 0. The molecule has 0 aromatic carbocycles. The monoisotopic (exact) mass is 240 g/mol. The lowest BCUT2D eigenvalue weighted by atomic mass is 10.5. The van der Waals surface area contributed by atoms with E-state index in [-0.39, 0.29) is 11.0 Å². The third-order valence-electron chi connectivity index (χ3n) is 0.787. The second-order valence-electron chi connectivity index (χ2n) is 1.70. The number of hydrogen-bond acceptors (Lipinski definition) is 5. The maximum Gasteiger partial charge on any atom is 0.00944 e. The highest BCUT2D eigenvalue weighted by molar-refractivity contribution is 9.09. The quantitative estimate of drug-likeness (QED) is 0.293. The summed E-state index contributed by atoms with van der Waals surface area (Å²) >= 11 is 0. The molecule has 12 heavy (non-hydrogen) atoms. The molecule has 0 saturated heterocycles. The molecule has 0 aliphatic rings. The van der Waals surface area contributed by atoms with E-state index in [1.54, 1.807) is 31.4 Å². The summed E-state index contributed by atoms with van der Waals surface area (Å²) < 4.78 is 0. The SMILES string of the molecule is N=CCCSSSCCC=N.[SiH4]. The van der Waals surface area contributed by atoms with Gasteiger partial charge in [0.15, 0.2) is 0 Å². The molecular weight excluding hydrogens is 224 g/mol. The summed E-state index contributed by atoms with van der Waals surface area (Å²) in [6.07, 6.45) is 4.61. The number of hydrogen-bond donors (Lipinski definition) is 2. The summed E-state index contributed by atoms with van der Waals surface area (Å²) in [6.45, 7) is 0. The molecule has 6 heteroatoms. The summed E-state index contributed by atoms with van der Waals surface area (Å²) in [5.41, 5.74) is 0. The van der Waals surface area contributed by atoms with E-state index in [1.807, 2.05) is 0 Å². The first-order valence-electron chi connectivity index (χ1n) is 3.30. The molecule has 0 rings (SSSR count). The summed E-state index contributed by atoms with van der Waals surface area (Å²) in [5.74, 6) is 2.04. The topological polar surface area (TPSA) is 47.7 Å². The molecule has 0 bridgehead atoms. The average molecular weight is 240 g/mol. The highest BCUT2D eigenvalue weighted by Crippen LogP contribution is 2.34. The number of rotatable bonds is 8. The van der Waals surface area contributed by atoms with Crippen molar-refractivity contribution in [1.82, 2.24) is 0 Å². The maximum absolute atomic E-state index is 6.76. The van der Waals surface area contributed by atoms with Crippen molar-refractivity contribution in [3.63, 3.8) is 0 Å². The van der Waals surface area contributed by atoms with E-state index in [4.69, 9.17) is 10.8 Å². The van der Waals surface area contributed by atoms with Gasteiger partial charge in [0.2, 0.25) is 0 Å². The molecule has 0 atom stereocenters. The van der Waals surface area contributed by atoms with Crippen molar-refractivity contribution in [2.45, 2.75) is 12.8 Å². The van der Waals surface area contributed by atoms with Gasteiger partial charge in [0.25, 0.3) is 0 Å².